The maximum Gasteiger partial charge on any atom is 0.289 e. The van der Waals surface area contributed by atoms with E-state index in [1.807, 2.05) is 0 Å². The van der Waals surface area contributed by atoms with Gasteiger partial charge in [-0.3, -0.25) is 14.4 Å². The molecule has 7 nitrogen and oxygen atoms in total. The number of carbonyl (C=O) groups excluding carboxylic acids is 3. The molecule has 0 radical (unpaired) electrons. The van der Waals surface area contributed by atoms with E-state index in [9.17, 15) is 18.8 Å². The fourth-order valence-corrected chi connectivity index (χ4v) is 3.56. The maximum atomic E-state index is 13.3. The van der Waals surface area contributed by atoms with Gasteiger partial charge in [0.1, 0.15) is 11.4 Å². The van der Waals surface area contributed by atoms with E-state index in [1.165, 1.54) is 24.3 Å². The largest absolute Gasteiger partial charge is 0.451 e. The van der Waals surface area contributed by atoms with Crippen LogP contribution in [0.3, 0.4) is 0 Å². The lowest BCUT2D eigenvalue weighted by atomic mass is 10.1. The highest BCUT2D eigenvalue weighted by atomic mass is 19.1. The highest BCUT2D eigenvalue weighted by molar-refractivity contribution is 5.97. The number of nitrogens with zero attached hydrogens (tertiary/aromatic N) is 2. The highest BCUT2D eigenvalue weighted by Gasteiger charge is 2.43. The van der Waals surface area contributed by atoms with Crippen LogP contribution >= 0.6 is 0 Å². The van der Waals surface area contributed by atoms with Crippen molar-refractivity contribution in [1.82, 2.24) is 15.1 Å². The van der Waals surface area contributed by atoms with Crippen molar-refractivity contribution in [3.05, 3.63) is 35.8 Å². The molecule has 3 heterocycles. The van der Waals surface area contributed by atoms with Crippen LogP contribution in [0.2, 0.25) is 0 Å². The van der Waals surface area contributed by atoms with E-state index in [4.69, 9.17) is 4.42 Å². The first-order valence-corrected chi connectivity index (χ1v) is 8.45. The topological polar surface area (TPSA) is 82.9 Å². The molecule has 1 unspecified atom stereocenters. The van der Waals surface area contributed by atoms with Crippen LogP contribution in [0.5, 0.6) is 0 Å². The zero-order valence-electron chi connectivity index (χ0n) is 14.2. The van der Waals surface area contributed by atoms with Crippen molar-refractivity contribution in [2.24, 2.45) is 5.92 Å². The number of rotatable bonds is 3. The number of halogens is 1. The Balaban J connectivity index is 1.40. The van der Waals surface area contributed by atoms with Crippen LogP contribution in [0.25, 0.3) is 11.0 Å². The Hall–Kier alpha value is -2.90. The average molecular weight is 359 g/mol. The Bertz CT molecular complexity index is 903. The zero-order valence-corrected chi connectivity index (χ0v) is 14.2. The predicted molar refractivity (Wildman–Crippen MR) is 89.8 cm³/mol. The van der Waals surface area contributed by atoms with E-state index in [1.54, 1.807) is 16.8 Å². The number of amides is 3. The summed E-state index contributed by atoms with van der Waals surface area (Å²) in [5.41, 5.74) is 0.454. The number of carbonyl (C=O) groups is 3. The molecule has 1 aromatic carbocycles. The van der Waals surface area contributed by atoms with Gasteiger partial charge >= 0.3 is 0 Å². The van der Waals surface area contributed by atoms with Crippen molar-refractivity contribution >= 4 is 28.7 Å². The smallest absolute Gasteiger partial charge is 0.289 e. The molecular weight excluding hydrogens is 341 g/mol. The zero-order chi connectivity index (χ0) is 18.4. The van der Waals surface area contributed by atoms with Crippen LogP contribution in [0.1, 0.15) is 17.0 Å². The summed E-state index contributed by atoms with van der Waals surface area (Å²) in [5.74, 6) is -1.05. The monoisotopic (exact) mass is 359 g/mol. The van der Waals surface area contributed by atoms with Gasteiger partial charge in [0.2, 0.25) is 11.8 Å². The van der Waals surface area contributed by atoms with Gasteiger partial charge in [-0.15, -0.1) is 0 Å². The first-order valence-electron chi connectivity index (χ1n) is 8.45. The minimum Gasteiger partial charge on any atom is -0.451 e. The van der Waals surface area contributed by atoms with Gasteiger partial charge in [0, 0.05) is 38.5 Å². The van der Waals surface area contributed by atoms with Crippen LogP contribution in [0, 0.1) is 11.7 Å². The Kier molecular flexibility index (Phi) is 3.90. The van der Waals surface area contributed by atoms with Gasteiger partial charge in [-0.25, -0.2) is 4.39 Å². The van der Waals surface area contributed by atoms with Gasteiger partial charge in [0.05, 0.1) is 12.0 Å². The number of benzene rings is 1. The van der Waals surface area contributed by atoms with Crippen molar-refractivity contribution < 1.29 is 23.2 Å². The molecule has 0 bridgehead atoms. The number of nitrogens with one attached hydrogen (secondary N) is 1. The van der Waals surface area contributed by atoms with Gasteiger partial charge in [-0.05, 0) is 24.3 Å². The SMILES string of the molecule is CNC(=O)C1CC(=O)N(C2CN(C(=O)c3cc4cc(F)ccc4o3)C2)C1. The molecule has 2 aliphatic rings. The molecule has 2 fully saturated rings. The van der Waals surface area contributed by atoms with Gasteiger partial charge in [0.25, 0.3) is 5.91 Å². The van der Waals surface area contributed by atoms with E-state index in [-0.39, 0.29) is 47.7 Å². The van der Waals surface area contributed by atoms with E-state index < -0.39 is 0 Å². The normalized spacial score (nSPS) is 20.5. The molecule has 8 heteroatoms. The average Bonchev–Trinajstić information content (AvgIpc) is 3.16. The summed E-state index contributed by atoms with van der Waals surface area (Å²) in [6, 6.07) is 5.53. The quantitative estimate of drug-likeness (QED) is 0.886. The molecule has 2 saturated heterocycles. The van der Waals surface area contributed by atoms with Crippen LogP contribution < -0.4 is 5.32 Å². The molecule has 3 amide bonds. The number of fused-ring (bicyclic) bond motifs is 1. The van der Waals surface area contributed by atoms with Gasteiger partial charge in [0.15, 0.2) is 5.76 Å². The molecule has 26 heavy (non-hydrogen) atoms. The Morgan fingerprint density at radius 2 is 2.00 bits per heavy atom. The van der Waals surface area contributed by atoms with Crippen molar-refractivity contribution in [2.45, 2.75) is 12.5 Å². The number of furan rings is 1. The molecule has 2 aliphatic heterocycles. The lowest BCUT2D eigenvalue weighted by Crippen LogP contribution is -2.61. The first-order chi connectivity index (χ1) is 12.5. The van der Waals surface area contributed by atoms with E-state index in [0.29, 0.717) is 30.6 Å². The molecule has 0 spiro atoms. The standard InChI is InChI=1S/C18H18FN3O4/c1-20-17(24)11-6-16(23)22(7-11)13-8-21(9-13)18(25)15-5-10-4-12(19)2-3-14(10)26-15/h2-5,11,13H,6-9H2,1H3,(H,20,24). The lowest BCUT2D eigenvalue weighted by Gasteiger charge is -2.43. The number of likely N-dealkylation sites (tertiary alicyclic amines) is 2. The Labute approximate surface area is 148 Å². The van der Waals surface area contributed by atoms with Gasteiger partial charge < -0.3 is 19.5 Å². The fraction of sp³-hybridized carbons (Fsp3) is 0.389. The molecule has 0 aliphatic carbocycles. The first kappa shape index (κ1) is 16.6. The molecular formula is C18H18FN3O4. The Morgan fingerprint density at radius 1 is 1.23 bits per heavy atom. The highest BCUT2D eigenvalue weighted by Crippen LogP contribution is 2.27. The second-order valence-electron chi connectivity index (χ2n) is 6.72. The summed E-state index contributed by atoms with van der Waals surface area (Å²) in [7, 11) is 1.55. The third-order valence-electron chi connectivity index (χ3n) is 5.06. The molecule has 136 valence electrons. The van der Waals surface area contributed by atoms with Crippen LogP contribution in [0.15, 0.2) is 28.7 Å². The second kappa shape index (κ2) is 6.12. The van der Waals surface area contributed by atoms with Crippen molar-refractivity contribution in [3.63, 3.8) is 0 Å². The summed E-state index contributed by atoms with van der Waals surface area (Å²) < 4.78 is 18.7. The lowest BCUT2D eigenvalue weighted by molar-refractivity contribution is -0.132. The minimum atomic E-state index is -0.389. The summed E-state index contributed by atoms with van der Waals surface area (Å²) in [4.78, 5) is 39.6. The van der Waals surface area contributed by atoms with Crippen molar-refractivity contribution in [2.75, 3.05) is 26.7 Å². The Morgan fingerprint density at radius 3 is 2.73 bits per heavy atom. The molecule has 4 rings (SSSR count). The maximum absolute atomic E-state index is 13.3. The molecule has 1 N–H and O–H groups in total. The number of hydrogen-bond donors (Lipinski definition) is 1. The van der Waals surface area contributed by atoms with Crippen molar-refractivity contribution in [1.29, 1.82) is 0 Å². The van der Waals surface area contributed by atoms with Crippen LogP contribution in [-0.2, 0) is 9.59 Å². The van der Waals surface area contributed by atoms with Gasteiger partial charge in [-0.1, -0.05) is 0 Å². The molecule has 0 saturated carbocycles. The summed E-state index contributed by atoms with van der Waals surface area (Å²) >= 11 is 0. The van der Waals surface area contributed by atoms with Crippen LogP contribution in [0.4, 0.5) is 4.39 Å². The number of hydrogen-bond acceptors (Lipinski definition) is 4. The van der Waals surface area contributed by atoms with E-state index in [2.05, 4.69) is 5.32 Å². The second-order valence-corrected chi connectivity index (χ2v) is 6.72. The van der Waals surface area contributed by atoms with E-state index in [0.717, 1.165) is 0 Å². The minimum absolute atomic E-state index is 0.0603. The van der Waals surface area contributed by atoms with Crippen LogP contribution in [-0.4, -0.2) is 60.2 Å². The van der Waals surface area contributed by atoms with E-state index >= 15 is 0 Å². The van der Waals surface area contributed by atoms with Crippen molar-refractivity contribution in [3.8, 4) is 0 Å². The predicted octanol–water partition coefficient (Wildman–Crippen LogP) is 0.991. The summed E-state index contributed by atoms with van der Waals surface area (Å²) in [6.07, 6.45) is 0.208. The molecule has 1 atom stereocenters. The van der Waals surface area contributed by atoms with Gasteiger partial charge in [-0.2, -0.15) is 0 Å². The third-order valence-corrected chi connectivity index (χ3v) is 5.06. The molecule has 1 aromatic heterocycles. The summed E-state index contributed by atoms with van der Waals surface area (Å²) in [5, 5.41) is 3.10. The molecule has 2 aromatic rings. The third kappa shape index (κ3) is 2.71. The fourth-order valence-electron chi connectivity index (χ4n) is 3.56. The summed E-state index contributed by atoms with van der Waals surface area (Å²) in [6.45, 7) is 1.18.